The third kappa shape index (κ3) is 5.79. The number of nitrogens with zero attached hydrogens (tertiary/aromatic N) is 3. The van der Waals surface area contributed by atoms with Gasteiger partial charge in [0.1, 0.15) is 5.82 Å². The highest BCUT2D eigenvalue weighted by Gasteiger charge is 2.39. The summed E-state index contributed by atoms with van der Waals surface area (Å²) in [5.74, 6) is -10.4. The van der Waals surface area contributed by atoms with Gasteiger partial charge in [-0.2, -0.15) is 13.9 Å². The molecular weight excluding hydrogens is 575 g/mol. The Kier molecular flexibility index (Phi) is 7.91. The highest BCUT2D eigenvalue weighted by molar-refractivity contribution is 5.95. The first-order valence-electron chi connectivity index (χ1n) is 13.2. The van der Waals surface area contributed by atoms with Gasteiger partial charge in [-0.05, 0) is 37.6 Å². The number of nitrogens with one attached hydrogen (secondary N) is 1. The zero-order valence-corrected chi connectivity index (χ0v) is 23.0. The van der Waals surface area contributed by atoms with E-state index < -0.39 is 52.3 Å². The second kappa shape index (κ2) is 11.5. The standard InChI is InChI=1S/C30H25F5N4O4/c1-30(2,43-26-24(34)21(32)15-22(33)25(26)35)29(42)39-11-9-38(10-12-39)28(41)19-13-16(7-8-20(19)31)14-23-17-5-3-4-6-18(17)27(40)37-36-23/h3-8,13,15H,9-12,14H2,1-2H3,(H,37,40). The van der Waals surface area contributed by atoms with Crippen molar-refractivity contribution in [3.8, 4) is 5.75 Å². The number of ether oxygens (including phenoxy) is 1. The second-order valence-corrected chi connectivity index (χ2v) is 10.5. The minimum atomic E-state index is -1.92. The number of carbonyl (C=O) groups is 2. The summed E-state index contributed by atoms with van der Waals surface area (Å²) in [5.41, 5.74) is -1.33. The van der Waals surface area contributed by atoms with Crippen LogP contribution in [0, 0.1) is 29.1 Å². The van der Waals surface area contributed by atoms with Crippen LogP contribution in [0.3, 0.4) is 0 Å². The van der Waals surface area contributed by atoms with Crippen LogP contribution in [0.1, 0.15) is 35.5 Å². The summed E-state index contributed by atoms with van der Waals surface area (Å²) in [6, 6.07) is 11.0. The minimum absolute atomic E-state index is 0.00769. The van der Waals surface area contributed by atoms with Gasteiger partial charge < -0.3 is 14.5 Å². The van der Waals surface area contributed by atoms with E-state index in [1.54, 1.807) is 24.3 Å². The van der Waals surface area contributed by atoms with Crippen LogP contribution in [0.4, 0.5) is 22.0 Å². The Morgan fingerprint density at radius 1 is 0.860 bits per heavy atom. The number of hydrogen-bond donors (Lipinski definition) is 1. The van der Waals surface area contributed by atoms with Gasteiger partial charge in [0, 0.05) is 44.1 Å². The Hall–Kier alpha value is -4.81. The number of carbonyl (C=O) groups excluding carboxylic acids is 2. The average molecular weight is 601 g/mol. The fourth-order valence-electron chi connectivity index (χ4n) is 4.95. The molecule has 2 heterocycles. The molecule has 1 fully saturated rings. The molecule has 13 heteroatoms. The van der Waals surface area contributed by atoms with Crippen LogP contribution in [0.5, 0.6) is 5.75 Å². The van der Waals surface area contributed by atoms with Crippen LogP contribution < -0.4 is 10.3 Å². The Morgan fingerprint density at radius 3 is 2.12 bits per heavy atom. The molecule has 2 amide bonds. The van der Waals surface area contributed by atoms with Crippen molar-refractivity contribution >= 4 is 22.6 Å². The van der Waals surface area contributed by atoms with Crippen LogP contribution in [0.15, 0.2) is 53.3 Å². The first kappa shape index (κ1) is 29.7. The number of hydrogen-bond acceptors (Lipinski definition) is 5. The van der Waals surface area contributed by atoms with Crippen molar-refractivity contribution in [3.05, 3.63) is 105 Å². The van der Waals surface area contributed by atoms with Crippen LogP contribution in [0.2, 0.25) is 0 Å². The van der Waals surface area contributed by atoms with Gasteiger partial charge >= 0.3 is 0 Å². The SMILES string of the molecule is CC(C)(Oc1c(F)c(F)cc(F)c1F)C(=O)N1CCN(C(=O)c2cc(Cc3n[nH]c(=O)c4ccccc34)ccc2F)CC1. The smallest absolute Gasteiger partial charge is 0.272 e. The van der Waals surface area contributed by atoms with E-state index in [1.165, 1.54) is 41.8 Å². The van der Waals surface area contributed by atoms with Gasteiger partial charge in [-0.15, -0.1) is 0 Å². The number of aromatic amines is 1. The van der Waals surface area contributed by atoms with E-state index in [-0.39, 0.29) is 49.8 Å². The molecule has 0 spiro atoms. The Labute approximate surface area is 241 Å². The summed E-state index contributed by atoms with van der Waals surface area (Å²) in [6.07, 6.45) is 0.214. The van der Waals surface area contributed by atoms with Gasteiger partial charge in [-0.1, -0.05) is 24.3 Å². The van der Waals surface area contributed by atoms with E-state index in [0.29, 0.717) is 22.0 Å². The van der Waals surface area contributed by atoms with Crippen molar-refractivity contribution in [1.82, 2.24) is 20.0 Å². The molecule has 1 aromatic heterocycles. The zero-order chi connectivity index (χ0) is 31.1. The number of amides is 2. The number of fused-ring (bicyclic) bond motifs is 1. The quantitative estimate of drug-likeness (QED) is 0.262. The van der Waals surface area contributed by atoms with Gasteiger partial charge in [0.05, 0.1) is 16.6 Å². The fraction of sp³-hybridized carbons (Fsp3) is 0.267. The molecule has 3 aromatic carbocycles. The predicted molar refractivity (Wildman–Crippen MR) is 145 cm³/mol. The van der Waals surface area contributed by atoms with E-state index >= 15 is 0 Å². The van der Waals surface area contributed by atoms with Gasteiger partial charge in [0.15, 0.2) is 23.0 Å². The number of benzene rings is 3. The molecule has 0 saturated carbocycles. The minimum Gasteiger partial charge on any atom is -0.472 e. The molecule has 0 bridgehead atoms. The average Bonchev–Trinajstić information content (AvgIpc) is 3.00. The van der Waals surface area contributed by atoms with E-state index in [0.717, 1.165) is 0 Å². The van der Waals surface area contributed by atoms with E-state index in [1.807, 2.05) is 0 Å². The second-order valence-electron chi connectivity index (χ2n) is 10.5. The van der Waals surface area contributed by atoms with E-state index in [4.69, 9.17) is 4.74 Å². The largest absolute Gasteiger partial charge is 0.472 e. The Balaban J connectivity index is 1.27. The molecule has 4 aromatic rings. The van der Waals surface area contributed by atoms with Crippen molar-refractivity contribution in [1.29, 1.82) is 0 Å². The third-order valence-corrected chi connectivity index (χ3v) is 7.21. The summed E-state index contributed by atoms with van der Waals surface area (Å²) in [5, 5.41) is 7.65. The molecule has 0 unspecified atom stereocenters. The lowest BCUT2D eigenvalue weighted by Crippen LogP contribution is -2.56. The molecule has 0 atom stereocenters. The monoisotopic (exact) mass is 600 g/mol. The van der Waals surface area contributed by atoms with Crippen LogP contribution in [0.25, 0.3) is 10.8 Å². The zero-order valence-electron chi connectivity index (χ0n) is 23.0. The highest BCUT2D eigenvalue weighted by atomic mass is 19.2. The molecule has 1 aliphatic rings. The summed E-state index contributed by atoms with van der Waals surface area (Å²) in [4.78, 5) is 41.1. The van der Waals surface area contributed by atoms with Gasteiger partial charge in [-0.25, -0.2) is 18.3 Å². The van der Waals surface area contributed by atoms with Crippen LogP contribution in [-0.2, 0) is 11.2 Å². The Bertz CT molecular complexity index is 1780. The lowest BCUT2D eigenvalue weighted by molar-refractivity contribution is -0.147. The van der Waals surface area contributed by atoms with Crippen molar-refractivity contribution < 1.29 is 36.3 Å². The maximum Gasteiger partial charge on any atom is 0.272 e. The van der Waals surface area contributed by atoms with Gasteiger partial charge in [-0.3, -0.25) is 14.4 Å². The molecule has 1 aliphatic heterocycles. The van der Waals surface area contributed by atoms with Crippen molar-refractivity contribution in [2.45, 2.75) is 25.9 Å². The van der Waals surface area contributed by atoms with Crippen LogP contribution in [-0.4, -0.2) is 63.6 Å². The normalized spacial score (nSPS) is 13.8. The molecule has 0 aliphatic carbocycles. The molecule has 1 saturated heterocycles. The summed E-state index contributed by atoms with van der Waals surface area (Å²) in [6.45, 7) is 2.36. The first-order chi connectivity index (χ1) is 20.4. The van der Waals surface area contributed by atoms with Crippen molar-refractivity contribution in [2.24, 2.45) is 0 Å². The maximum absolute atomic E-state index is 14.8. The maximum atomic E-state index is 14.8. The number of piperazine rings is 1. The first-order valence-corrected chi connectivity index (χ1v) is 13.2. The molecule has 5 rings (SSSR count). The lowest BCUT2D eigenvalue weighted by Gasteiger charge is -2.38. The number of aromatic nitrogens is 2. The molecular formula is C30H25F5N4O4. The number of H-pyrrole nitrogens is 1. The van der Waals surface area contributed by atoms with Gasteiger partial charge in [0.25, 0.3) is 17.4 Å². The highest BCUT2D eigenvalue weighted by Crippen LogP contribution is 2.30. The van der Waals surface area contributed by atoms with Crippen molar-refractivity contribution in [2.75, 3.05) is 26.2 Å². The summed E-state index contributed by atoms with van der Waals surface area (Å²) in [7, 11) is 0. The van der Waals surface area contributed by atoms with E-state index in [9.17, 15) is 36.3 Å². The van der Waals surface area contributed by atoms with Crippen molar-refractivity contribution in [3.63, 3.8) is 0 Å². The predicted octanol–water partition coefficient (Wildman–Crippen LogP) is 4.35. The van der Waals surface area contributed by atoms with Gasteiger partial charge in [0.2, 0.25) is 11.6 Å². The number of rotatable bonds is 6. The van der Waals surface area contributed by atoms with Crippen LogP contribution >= 0.6 is 0 Å². The summed E-state index contributed by atoms with van der Waals surface area (Å²) >= 11 is 0. The molecule has 43 heavy (non-hydrogen) atoms. The molecule has 1 N–H and O–H groups in total. The number of halogens is 5. The summed E-state index contributed by atoms with van der Waals surface area (Å²) < 4.78 is 75.4. The molecule has 224 valence electrons. The fourth-order valence-corrected chi connectivity index (χ4v) is 4.95. The topological polar surface area (TPSA) is 95.6 Å². The molecule has 8 nitrogen and oxygen atoms in total. The third-order valence-electron chi connectivity index (χ3n) is 7.21. The lowest BCUT2D eigenvalue weighted by atomic mass is 10.0. The van der Waals surface area contributed by atoms with E-state index in [2.05, 4.69) is 10.2 Å². The molecule has 0 radical (unpaired) electrons. The Morgan fingerprint density at radius 2 is 1.47 bits per heavy atom.